The maximum Gasteiger partial charge on any atom is 0.414 e. The zero-order chi connectivity index (χ0) is 15.7. The minimum atomic E-state index is -1.82. The first-order valence-corrected chi connectivity index (χ1v) is 6.85. The number of aliphatic carboxylic acids is 2. The molecule has 0 aliphatic heterocycles. The fourth-order valence-electron chi connectivity index (χ4n) is 2.14. The zero-order valence-corrected chi connectivity index (χ0v) is 12.0. The van der Waals surface area contributed by atoms with Gasteiger partial charge >= 0.3 is 11.9 Å². The number of carboxylic acids is 2. The molecule has 0 heterocycles. The van der Waals surface area contributed by atoms with Crippen molar-refractivity contribution in [3.05, 3.63) is 29.8 Å². The van der Waals surface area contributed by atoms with Gasteiger partial charge < -0.3 is 20.3 Å². The van der Waals surface area contributed by atoms with Crippen LogP contribution in [0.3, 0.4) is 0 Å². The molecule has 1 aromatic carbocycles. The summed E-state index contributed by atoms with van der Waals surface area (Å²) < 4.78 is 5.13. The Kier molecular flexibility index (Phi) is 7.25. The largest absolute Gasteiger partial charge is 0.497 e. The second kappa shape index (κ2) is 8.97. The van der Waals surface area contributed by atoms with Crippen LogP contribution in [0.4, 0.5) is 0 Å². The van der Waals surface area contributed by atoms with E-state index in [-0.39, 0.29) is 0 Å². The molecular formula is C15H21NO5. The summed E-state index contributed by atoms with van der Waals surface area (Å²) in [5.41, 5.74) is 1.34. The van der Waals surface area contributed by atoms with Crippen LogP contribution in [0.1, 0.15) is 31.2 Å². The highest BCUT2D eigenvalue weighted by Gasteiger charge is 2.13. The van der Waals surface area contributed by atoms with Gasteiger partial charge in [0.15, 0.2) is 0 Å². The van der Waals surface area contributed by atoms with Gasteiger partial charge in [0.05, 0.1) is 7.11 Å². The number of benzene rings is 1. The normalized spacial score (nSPS) is 14.1. The van der Waals surface area contributed by atoms with Crippen LogP contribution in [0, 0.1) is 0 Å². The molecule has 0 radical (unpaired) electrons. The summed E-state index contributed by atoms with van der Waals surface area (Å²) in [6.07, 6.45) is 5.47. The van der Waals surface area contributed by atoms with Crippen molar-refractivity contribution < 1.29 is 24.5 Å². The number of carboxylic acid groups (broad SMARTS) is 2. The summed E-state index contributed by atoms with van der Waals surface area (Å²) in [5.74, 6) is -2.72. The lowest BCUT2D eigenvalue weighted by atomic mass is 10.2. The average Bonchev–Trinajstić information content (AvgIpc) is 2.99. The molecule has 1 fully saturated rings. The highest BCUT2D eigenvalue weighted by Crippen LogP contribution is 2.18. The summed E-state index contributed by atoms with van der Waals surface area (Å²) in [5, 5.41) is 18.4. The lowest BCUT2D eigenvalue weighted by molar-refractivity contribution is -0.159. The Balaban J connectivity index is 0.000000315. The first-order chi connectivity index (χ1) is 10.0. The highest BCUT2D eigenvalue weighted by molar-refractivity contribution is 6.27. The lowest BCUT2D eigenvalue weighted by Crippen LogP contribution is -2.25. The van der Waals surface area contributed by atoms with Gasteiger partial charge in [-0.05, 0) is 30.5 Å². The summed E-state index contributed by atoms with van der Waals surface area (Å²) >= 11 is 0. The van der Waals surface area contributed by atoms with Crippen LogP contribution in [0.15, 0.2) is 24.3 Å². The average molecular weight is 295 g/mol. The monoisotopic (exact) mass is 295 g/mol. The Morgan fingerprint density at radius 3 is 2.10 bits per heavy atom. The van der Waals surface area contributed by atoms with Gasteiger partial charge in [-0.15, -0.1) is 0 Å². The Bertz CT molecular complexity index is 440. The third-order valence-corrected chi connectivity index (χ3v) is 3.29. The van der Waals surface area contributed by atoms with E-state index in [0.29, 0.717) is 0 Å². The van der Waals surface area contributed by atoms with Crippen LogP contribution in [0.25, 0.3) is 0 Å². The summed E-state index contributed by atoms with van der Waals surface area (Å²) in [6, 6.07) is 9.03. The van der Waals surface area contributed by atoms with Crippen molar-refractivity contribution >= 4 is 11.9 Å². The van der Waals surface area contributed by atoms with Crippen molar-refractivity contribution in [3.63, 3.8) is 0 Å². The maximum absolute atomic E-state index is 9.10. The van der Waals surface area contributed by atoms with Crippen molar-refractivity contribution in [2.75, 3.05) is 7.11 Å². The molecule has 0 unspecified atom stereocenters. The second-order valence-corrected chi connectivity index (χ2v) is 4.82. The number of carbonyl (C=O) groups is 2. The van der Waals surface area contributed by atoms with E-state index in [9.17, 15) is 0 Å². The van der Waals surface area contributed by atoms with Crippen molar-refractivity contribution in [1.82, 2.24) is 5.32 Å². The SMILES string of the molecule is COc1ccc(CNC2CCCC2)cc1.O=C(O)C(=O)O. The first kappa shape index (κ1) is 17.0. The number of rotatable bonds is 4. The molecule has 3 N–H and O–H groups in total. The van der Waals surface area contributed by atoms with Crippen molar-refractivity contribution in [3.8, 4) is 5.75 Å². The number of nitrogens with one attached hydrogen (secondary N) is 1. The summed E-state index contributed by atoms with van der Waals surface area (Å²) in [6.45, 7) is 0.981. The molecule has 1 saturated carbocycles. The quantitative estimate of drug-likeness (QED) is 0.734. The minimum Gasteiger partial charge on any atom is -0.497 e. The van der Waals surface area contributed by atoms with Crippen LogP contribution in [0.5, 0.6) is 5.75 Å². The van der Waals surface area contributed by atoms with E-state index < -0.39 is 11.9 Å². The smallest absolute Gasteiger partial charge is 0.414 e. The first-order valence-electron chi connectivity index (χ1n) is 6.85. The number of ether oxygens (including phenoxy) is 1. The van der Waals surface area contributed by atoms with E-state index in [1.54, 1.807) is 7.11 Å². The van der Waals surface area contributed by atoms with Gasteiger partial charge in [-0.3, -0.25) is 0 Å². The third kappa shape index (κ3) is 6.76. The van der Waals surface area contributed by atoms with Gasteiger partial charge in [-0.25, -0.2) is 9.59 Å². The fourth-order valence-corrected chi connectivity index (χ4v) is 2.14. The Hall–Kier alpha value is -2.08. The van der Waals surface area contributed by atoms with Crippen LogP contribution >= 0.6 is 0 Å². The molecule has 2 rings (SSSR count). The standard InChI is InChI=1S/C13H19NO.C2H2O4/c1-15-13-8-6-11(7-9-13)10-14-12-4-2-3-5-12;3-1(4)2(5)6/h6-9,12,14H,2-5,10H2,1H3;(H,3,4)(H,5,6). The van der Waals surface area contributed by atoms with Crippen molar-refractivity contribution in [1.29, 1.82) is 0 Å². The van der Waals surface area contributed by atoms with Crippen LogP contribution < -0.4 is 10.1 Å². The predicted molar refractivity (Wildman–Crippen MR) is 77.4 cm³/mol. The molecule has 1 aliphatic rings. The van der Waals surface area contributed by atoms with Crippen LogP contribution in [-0.2, 0) is 16.1 Å². The van der Waals surface area contributed by atoms with Gasteiger partial charge in [0.2, 0.25) is 0 Å². The van der Waals surface area contributed by atoms with E-state index in [1.165, 1.54) is 31.2 Å². The lowest BCUT2D eigenvalue weighted by Gasteiger charge is -2.11. The highest BCUT2D eigenvalue weighted by atomic mass is 16.5. The van der Waals surface area contributed by atoms with E-state index in [2.05, 4.69) is 17.4 Å². The summed E-state index contributed by atoms with van der Waals surface area (Å²) in [4.78, 5) is 18.2. The third-order valence-electron chi connectivity index (χ3n) is 3.29. The second-order valence-electron chi connectivity index (χ2n) is 4.82. The number of methoxy groups -OCH3 is 1. The van der Waals surface area contributed by atoms with Gasteiger partial charge in [0.1, 0.15) is 5.75 Å². The van der Waals surface area contributed by atoms with Gasteiger partial charge in [0.25, 0.3) is 0 Å². The predicted octanol–water partition coefficient (Wildman–Crippen LogP) is 1.88. The molecule has 116 valence electrons. The Morgan fingerprint density at radius 1 is 1.14 bits per heavy atom. The van der Waals surface area contributed by atoms with E-state index in [1.807, 2.05) is 12.1 Å². The molecule has 1 aliphatic carbocycles. The molecule has 0 spiro atoms. The summed E-state index contributed by atoms with van der Waals surface area (Å²) in [7, 11) is 1.70. The number of hydrogen-bond donors (Lipinski definition) is 3. The number of hydrogen-bond acceptors (Lipinski definition) is 4. The molecule has 0 amide bonds. The van der Waals surface area contributed by atoms with Crippen LogP contribution in [0.2, 0.25) is 0 Å². The molecule has 0 saturated heterocycles. The molecule has 6 heteroatoms. The topological polar surface area (TPSA) is 95.9 Å². The van der Waals surface area contributed by atoms with Gasteiger partial charge in [0, 0.05) is 12.6 Å². The molecule has 6 nitrogen and oxygen atoms in total. The fraction of sp³-hybridized carbons (Fsp3) is 0.467. The van der Waals surface area contributed by atoms with Gasteiger partial charge in [-0.2, -0.15) is 0 Å². The molecule has 21 heavy (non-hydrogen) atoms. The molecule has 0 atom stereocenters. The van der Waals surface area contributed by atoms with Crippen LogP contribution in [-0.4, -0.2) is 35.3 Å². The minimum absolute atomic E-state index is 0.743. The van der Waals surface area contributed by atoms with E-state index in [4.69, 9.17) is 24.5 Å². The van der Waals surface area contributed by atoms with Gasteiger partial charge in [-0.1, -0.05) is 25.0 Å². The molecule has 0 bridgehead atoms. The molecule has 0 aromatic heterocycles. The van der Waals surface area contributed by atoms with Crippen molar-refractivity contribution in [2.24, 2.45) is 0 Å². The Morgan fingerprint density at radius 2 is 1.67 bits per heavy atom. The molecule has 1 aromatic rings. The van der Waals surface area contributed by atoms with Crippen molar-refractivity contribution in [2.45, 2.75) is 38.3 Å². The van der Waals surface area contributed by atoms with E-state index >= 15 is 0 Å². The Labute approximate surface area is 123 Å². The maximum atomic E-state index is 9.10. The van der Waals surface area contributed by atoms with E-state index in [0.717, 1.165) is 18.3 Å². The molecular weight excluding hydrogens is 274 g/mol. The zero-order valence-electron chi connectivity index (χ0n) is 12.0.